The van der Waals surface area contributed by atoms with Crippen molar-refractivity contribution < 1.29 is 4.79 Å². The lowest BCUT2D eigenvalue weighted by Gasteiger charge is -2.08. The normalized spacial score (nSPS) is 9.27. The van der Waals surface area contributed by atoms with Gasteiger partial charge in [0.1, 0.15) is 0 Å². The fourth-order valence-corrected chi connectivity index (χ4v) is 1.10. The molecule has 1 rings (SSSR count). The maximum atomic E-state index is 10.8. The van der Waals surface area contributed by atoms with Crippen LogP contribution in [0.25, 0.3) is 0 Å². The van der Waals surface area contributed by atoms with E-state index in [1.807, 2.05) is 0 Å². The minimum Gasteiger partial charge on any atom is -0.759 e. The Hall–Kier alpha value is -0.920. The number of benzene rings is 1. The van der Waals surface area contributed by atoms with E-state index < -0.39 is 5.91 Å². The van der Waals surface area contributed by atoms with Crippen LogP contribution in [0.2, 0.25) is 0 Å². The summed E-state index contributed by atoms with van der Waals surface area (Å²) in [7, 11) is 2.38. The first-order valence-electron chi connectivity index (χ1n) is 3.02. The predicted octanol–water partition coefficient (Wildman–Crippen LogP) is 0.415. The first-order chi connectivity index (χ1) is 5.25. The van der Waals surface area contributed by atoms with Crippen molar-refractivity contribution in [1.82, 2.24) is 5.48 Å². The Morgan fingerprint density at radius 2 is 2.09 bits per heavy atom. The zero-order chi connectivity index (χ0) is 8.27. The van der Waals surface area contributed by atoms with E-state index >= 15 is 0 Å². The van der Waals surface area contributed by atoms with Crippen LogP contribution in [0.5, 0.6) is 0 Å². The highest BCUT2D eigenvalue weighted by molar-refractivity contribution is 7.27. The second kappa shape index (κ2) is 3.46. The van der Waals surface area contributed by atoms with Crippen LogP contribution in [0.1, 0.15) is 10.4 Å². The van der Waals surface area contributed by atoms with Crippen molar-refractivity contribution in [2.75, 3.05) is 0 Å². The van der Waals surface area contributed by atoms with E-state index in [0.717, 1.165) is 5.30 Å². The zero-order valence-electron chi connectivity index (χ0n) is 5.70. The van der Waals surface area contributed by atoms with E-state index in [4.69, 9.17) is 0 Å². The molecule has 0 heterocycles. The van der Waals surface area contributed by atoms with Crippen LogP contribution < -0.4 is 10.8 Å². The number of carbonyl (C=O) groups is 1. The molecule has 1 atom stereocenters. The number of hydrogen-bond acceptors (Lipinski definition) is 2. The smallest absolute Gasteiger partial charge is 0.241 e. The maximum absolute atomic E-state index is 10.8. The van der Waals surface area contributed by atoms with Gasteiger partial charge in [0.25, 0.3) is 0 Å². The van der Waals surface area contributed by atoms with Crippen molar-refractivity contribution >= 4 is 20.5 Å². The van der Waals surface area contributed by atoms with Crippen LogP contribution >= 0.6 is 9.24 Å². The average molecular weight is 168 g/mol. The summed E-state index contributed by atoms with van der Waals surface area (Å²) >= 11 is 0. The summed E-state index contributed by atoms with van der Waals surface area (Å²) in [5.41, 5.74) is 1.72. The highest BCUT2D eigenvalue weighted by Gasteiger charge is 2.02. The largest absolute Gasteiger partial charge is 0.759 e. The summed E-state index contributed by atoms with van der Waals surface area (Å²) in [6.45, 7) is 0. The maximum Gasteiger partial charge on any atom is 0.241 e. The van der Waals surface area contributed by atoms with E-state index in [2.05, 4.69) is 9.24 Å². The molecule has 3 nitrogen and oxygen atoms in total. The predicted molar refractivity (Wildman–Crippen MR) is 46.6 cm³/mol. The van der Waals surface area contributed by atoms with Crippen molar-refractivity contribution in [3.8, 4) is 0 Å². The molecular weight excluding hydrogens is 161 g/mol. The standard InChI is InChI=1S/C7H7NO2P/c9-7(8-10)5-3-1-2-4-6(5)11/h1-4H,11H2,(H-,8,9,10)/q-1. The van der Waals surface area contributed by atoms with Gasteiger partial charge in [0.05, 0.1) is 0 Å². The third-order valence-electron chi connectivity index (χ3n) is 1.30. The molecular formula is C7H7NO2P-. The molecule has 1 aromatic rings. The van der Waals surface area contributed by atoms with Crippen molar-refractivity contribution in [2.24, 2.45) is 0 Å². The van der Waals surface area contributed by atoms with Crippen LogP contribution in [0.4, 0.5) is 0 Å². The third-order valence-corrected chi connectivity index (χ3v) is 1.80. The quantitative estimate of drug-likeness (QED) is 0.487. The second-order valence-electron chi connectivity index (χ2n) is 2.02. The second-order valence-corrected chi connectivity index (χ2v) is 2.64. The Bertz CT molecular complexity index is 275. The van der Waals surface area contributed by atoms with E-state index in [1.165, 1.54) is 5.48 Å². The van der Waals surface area contributed by atoms with E-state index in [-0.39, 0.29) is 0 Å². The van der Waals surface area contributed by atoms with Gasteiger partial charge in [-0.2, -0.15) is 0 Å². The number of hydroxylamine groups is 1. The molecule has 0 aliphatic rings. The van der Waals surface area contributed by atoms with Gasteiger partial charge in [0.2, 0.25) is 5.91 Å². The van der Waals surface area contributed by atoms with Crippen LogP contribution in [-0.2, 0) is 0 Å². The van der Waals surface area contributed by atoms with Crippen LogP contribution in [-0.4, -0.2) is 5.91 Å². The Balaban J connectivity index is 3.03. The first kappa shape index (κ1) is 8.18. The monoisotopic (exact) mass is 168 g/mol. The van der Waals surface area contributed by atoms with Crippen molar-refractivity contribution in [3.63, 3.8) is 0 Å². The number of amides is 1. The van der Waals surface area contributed by atoms with Gasteiger partial charge in [-0.05, 0) is 11.4 Å². The van der Waals surface area contributed by atoms with Gasteiger partial charge in [0.15, 0.2) is 0 Å². The first-order valence-corrected chi connectivity index (χ1v) is 3.60. The minimum absolute atomic E-state index is 0.396. The highest BCUT2D eigenvalue weighted by atomic mass is 31.0. The van der Waals surface area contributed by atoms with Gasteiger partial charge in [-0.1, -0.05) is 18.2 Å². The molecule has 0 spiro atoms. The lowest BCUT2D eigenvalue weighted by atomic mass is 10.2. The summed E-state index contributed by atoms with van der Waals surface area (Å²) in [6, 6.07) is 6.84. The summed E-state index contributed by atoms with van der Waals surface area (Å²) in [6.07, 6.45) is 0. The van der Waals surface area contributed by atoms with Gasteiger partial charge < -0.3 is 10.7 Å². The lowest BCUT2D eigenvalue weighted by molar-refractivity contribution is 0.0971. The number of carbonyl (C=O) groups excluding carboxylic acids is 1. The van der Waals surface area contributed by atoms with Gasteiger partial charge in [-0.15, -0.1) is 9.24 Å². The van der Waals surface area contributed by atoms with E-state index in [1.54, 1.807) is 24.3 Å². The van der Waals surface area contributed by atoms with Gasteiger partial charge in [-0.3, -0.25) is 4.79 Å². The molecule has 1 aromatic carbocycles. The number of hydrogen-bond donors (Lipinski definition) is 1. The summed E-state index contributed by atoms with van der Waals surface area (Å²) < 4.78 is 0. The van der Waals surface area contributed by atoms with Crippen LogP contribution in [0.3, 0.4) is 0 Å². The molecule has 0 radical (unpaired) electrons. The summed E-state index contributed by atoms with van der Waals surface area (Å²) in [5, 5.41) is 10.7. The molecule has 0 bridgehead atoms. The average Bonchev–Trinajstić information content (AvgIpc) is 2.04. The molecule has 0 aliphatic heterocycles. The van der Waals surface area contributed by atoms with Crippen LogP contribution in [0.15, 0.2) is 24.3 Å². The van der Waals surface area contributed by atoms with Crippen LogP contribution in [0, 0.1) is 5.21 Å². The minimum atomic E-state index is -0.601. The van der Waals surface area contributed by atoms with Gasteiger partial charge >= 0.3 is 0 Å². The lowest BCUT2D eigenvalue weighted by Crippen LogP contribution is -2.20. The molecule has 0 aliphatic carbocycles. The molecule has 1 unspecified atom stereocenters. The molecule has 58 valence electrons. The zero-order valence-corrected chi connectivity index (χ0v) is 6.86. The Morgan fingerprint density at radius 3 is 2.64 bits per heavy atom. The van der Waals surface area contributed by atoms with Crippen molar-refractivity contribution in [1.29, 1.82) is 0 Å². The Kier molecular flexibility index (Phi) is 2.58. The van der Waals surface area contributed by atoms with Crippen molar-refractivity contribution in [2.45, 2.75) is 0 Å². The molecule has 11 heavy (non-hydrogen) atoms. The molecule has 0 fully saturated rings. The van der Waals surface area contributed by atoms with E-state index in [9.17, 15) is 10.0 Å². The molecule has 1 amide bonds. The van der Waals surface area contributed by atoms with Crippen molar-refractivity contribution in [3.05, 3.63) is 35.0 Å². The number of nitrogens with one attached hydrogen (secondary N) is 1. The molecule has 0 aromatic heterocycles. The fraction of sp³-hybridized carbons (Fsp3) is 0. The Labute approximate surface area is 66.6 Å². The number of rotatable bonds is 1. The SMILES string of the molecule is O=C(N[O-])c1ccccc1P. The summed E-state index contributed by atoms with van der Waals surface area (Å²) in [5.74, 6) is -0.601. The highest BCUT2D eigenvalue weighted by Crippen LogP contribution is 1.99. The summed E-state index contributed by atoms with van der Waals surface area (Å²) in [4.78, 5) is 10.8. The molecule has 0 saturated carbocycles. The fourth-order valence-electron chi connectivity index (χ4n) is 0.759. The molecule has 1 N–H and O–H groups in total. The molecule has 4 heteroatoms. The Morgan fingerprint density at radius 1 is 1.45 bits per heavy atom. The van der Waals surface area contributed by atoms with E-state index in [0.29, 0.717) is 5.56 Å². The van der Waals surface area contributed by atoms with Gasteiger partial charge in [-0.25, -0.2) is 0 Å². The molecule has 0 saturated heterocycles. The topological polar surface area (TPSA) is 52.2 Å². The van der Waals surface area contributed by atoms with Gasteiger partial charge in [0, 0.05) is 5.56 Å². The third kappa shape index (κ3) is 1.76.